The van der Waals surface area contributed by atoms with E-state index in [2.05, 4.69) is 10.6 Å². The molecule has 7 heteroatoms. The van der Waals surface area contributed by atoms with E-state index >= 15 is 0 Å². The summed E-state index contributed by atoms with van der Waals surface area (Å²) >= 11 is 0. The van der Waals surface area contributed by atoms with Gasteiger partial charge in [-0.3, -0.25) is 14.9 Å². The fourth-order valence-corrected chi connectivity index (χ4v) is 1.46. The topological polar surface area (TPSA) is 84.3 Å². The van der Waals surface area contributed by atoms with Gasteiger partial charge in [0, 0.05) is 25.1 Å². The molecule has 1 aromatic carbocycles. The Bertz CT molecular complexity index is 477. The van der Waals surface area contributed by atoms with Crippen LogP contribution in [0.2, 0.25) is 0 Å². The molecule has 0 fully saturated rings. The van der Waals surface area contributed by atoms with Crippen molar-refractivity contribution in [1.29, 1.82) is 0 Å². The number of rotatable bonds is 6. The van der Waals surface area contributed by atoms with Gasteiger partial charge in [-0.2, -0.15) is 0 Å². The molecule has 0 saturated carbocycles. The van der Waals surface area contributed by atoms with Gasteiger partial charge in [0.1, 0.15) is 0 Å². The molecule has 0 saturated heterocycles. The molecule has 0 spiro atoms. The summed E-state index contributed by atoms with van der Waals surface area (Å²) in [6.07, 6.45) is 0.115. The zero-order chi connectivity index (χ0) is 14.4. The van der Waals surface area contributed by atoms with Gasteiger partial charge in [0.25, 0.3) is 5.69 Å². The number of carbonyl (C=O) groups is 1. The largest absolute Gasteiger partial charge is 0.318 e. The van der Waals surface area contributed by atoms with Crippen molar-refractivity contribution >= 4 is 17.3 Å². The maximum Gasteiger partial charge on any atom is 0.295 e. The maximum atomic E-state index is 13.5. The van der Waals surface area contributed by atoms with Crippen LogP contribution >= 0.6 is 0 Å². The smallest absolute Gasteiger partial charge is 0.295 e. The summed E-state index contributed by atoms with van der Waals surface area (Å²) in [6.45, 7) is 4.28. The Balaban J connectivity index is 2.71. The van der Waals surface area contributed by atoms with Crippen molar-refractivity contribution in [3.8, 4) is 0 Å². The molecule has 0 atom stereocenters. The van der Waals surface area contributed by atoms with Crippen LogP contribution < -0.4 is 10.6 Å². The number of nitrogens with zero attached hydrogens (tertiary/aromatic N) is 1. The van der Waals surface area contributed by atoms with E-state index in [1.54, 1.807) is 0 Å². The summed E-state index contributed by atoms with van der Waals surface area (Å²) in [7, 11) is 0. The summed E-state index contributed by atoms with van der Waals surface area (Å²) in [5.74, 6) is -1.29. The van der Waals surface area contributed by atoms with Crippen LogP contribution in [0.1, 0.15) is 20.3 Å². The third kappa shape index (κ3) is 4.63. The standard InChI is InChI=1S/C12H16FN3O3/c1-8(2)14-7-6-11(17)15-12-9(13)4-3-5-10(12)16(18)19/h3-5,8,14H,6-7H2,1-2H3,(H,15,17). The second-order valence-corrected chi connectivity index (χ2v) is 4.30. The van der Waals surface area contributed by atoms with Crippen LogP contribution in [0, 0.1) is 15.9 Å². The molecular formula is C12H16FN3O3. The molecule has 0 aromatic heterocycles. The van der Waals surface area contributed by atoms with Gasteiger partial charge >= 0.3 is 0 Å². The summed E-state index contributed by atoms with van der Waals surface area (Å²) in [4.78, 5) is 21.6. The van der Waals surface area contributed by atoms with E-state index in [9.17, 15) is 19.3 Å². The Labute approximate surface area is 110 Å². The minimum atomic E-state index is -0.820. The quantitative estimate of drug-likeness (QED) is 0.611. The number of nitro benzene ring substituents is 1. The van der Waals surface area contributed by atoms with Gasteiger partial charge in [0.05, 0.1) is 4.92 Å². The molecular weight excluding hydrogens is 253 g/mol. The molecule has 0 aliphatic rings. The maximum absolute atomic E-state index is 13.5. The highest BCUT2D eigenvalue weighted by atomic mass is 19.1. The predicted octanol–water partition coefficient (Wildman–Crippen LogP) is 2.06. The van der Waals surface area contributed by atoms with Crippen molar-refractivity contribution in [2.45, 2.75) is 26.3 Å². The predicted molar refractivity (Wildman–Crippen MR) is 69.4 cm³/mol. The number of carbonyl (C=O) groups excluding carboxylic acids is 1. The minimum absolute atomic E-state index is 0.115. The number of anilines is 1. The SMILES string of the molecule is CC(C)NCCC(=O)Nc1c(F)cccc1[N+](=O)[O-]. The van der Waals surface area contributed by atoms with E-state index in [0.29, 0.717) is 6.54 Å². The molecule has 0 aliphatic carbocycles. The number of hydrogen-bond donors (Lipinski definition) is 2. The molecule has 1 aromatic rings. The third-order valence-corrected chi connectivity index (χ3v) is 2.36. The lowest BCUT2D eigenvalue weighted by Crippen LogP contribution is -2.27. The Hall–Kier alpha value is -2.02. The van der Waals surface area contributed by atoms with Crippen molar-refractivity contribution in [3.63, 3.8) is 0 Å². The number of nitrogens with one attached hydrogen (secondary N) is 2. The molecule has 1 rings (SSSR count). The summed E-state index contributed by atoms with van der Waals surface area (Å²) in [5, 5.41) is 16.0. The number of para-hydroxylation sites is 1. The summed E-state index contributed by atoms with van der Waals surface area (Å²) in [5.41, 5.74) is -0.841. The molecule has 0 heterocycles. The van der Waals surface area contributed by atoms with Crippen molar-refractivity contribution < 1.29 is 14.1 Å². The van der Waals surface area contributed by atoms with Gasteiger partial charge in [-0.25, -0.2) is 4.39 Å². The van der Waals surface area contributed by atoms with Crippen LogP contribution in [0.15, 0.2) is 18.2 Å². The highest BCUT2D eigenvalue weighted by Crippen LogP contribution is 2.26. The number of halogens is 1. The summed E-state index contributed by atoms with van der Waals surface area (Å²) < 4.78 is 13.5. The highest BCUT2D eigenvalue weighted by molar-refractivity contribution is 5.93. The second-order valence-electron chi connectivity index (χ2n) is 4.30. The van der Waals surface area contributed by atoms with Crippen LogP contribution in [0.5, 0.6) is 0 Å². The van der Waals surface area contributed by atoms with E-state index < -0.39 is 22.3 Å². The van der Waals surface area contributed by atoms with E-state index in [1.165, 1.54) is 6.07 Å². The first-order valence-electron chi connectivity index (χ1n) is 5.88. The van der Waals surface area contributed by atoms with Gasteiger partial charge < -0.3 is 10.6 Å². The van der Waals surface area contributed by atoms with Crippen molar-refractivity contribution in [2.24, 2.45) is 0 Å². The van der Waals surface area contributed by atoms with E-state index in [4.69, 9.17) is 0 Å². The molecule has 0 aliphatic heterocycles. The minimum Gasteiger partial charge on any atom is -0.318 e. The molecule has 19 heavy (non-hydrogen) atoms. The monoisotopic (exact) mass is 269 g/mol. The molecule has 1 amide bonds. The number of nitro groups is 1. The van der Waals surface area contributed by atoms with Crippen LogP contribution in [0.3, 0.4) is 0 Å². The van der Waals surface area contributed by atoms with E-state index in [0.717, 1.165) is 12.1 Å². The fraction of sp³-hybridized carbons (Fsp3) is 0.417. The number of amides is 1. The van der Waals surface area contributed by atoms with Gasteiger partial charge in [-0.15, -0.1) is 0 Å². The first-order valence-corrected chi connectivity index (χ1v) is 5.88. The molecule has 0 bridgehead atoms. The fourth-order valence-electron chi connectivity index (χ4n) is 1.46. The Morgan fingerprint density at radius 1 is 1.47 bits per heavy atom. The number of hydrogen-bond acceptors (Lipinski definition) is 4. The lowest BCUT2D eigenvalue weighted by Gasteiger charge is -2.09. The first kappa shape index (κ1) is 15.0. The molecule has 0 radical (unpaired) electrons. The third-order valence-electron chi connectivity index (χ3n) is 2.36. The van der Waals surface area contributed by atoms with Crippen LogP contribution in [-0.4, -0.2) is 23.4 Å². The van der Waals surface area contributed by atoms with Crippen molar-refractivity contribution in [2.75, 3.05) is 11.9 Å². The van der Waals surface area contributed by atoms with E-state index in [1.807, 2.05) is 13.8 Å². The van der Waals surface area contributed by atoms with Crippen LogP contribution in [0.25, 0.3) is 0 Å². The number of benzene rings is 1. The van der Waals surface area contributed by atoms with Crippen molar-refractivity contribution in [1.82, 2.24) is 5.32 Å². The molecule has 104 valence electrons. The molecule has 0 unspecified atom stereocenters. The Kier molecular flexibility index (Phi) is 5.37. The zero-order valence-electron chi connectivity index (χ0n) is 10.8. The van der Waals surface area contributed by atoms with Crippen LogP contribution in [-0.2, 0) is 4.79 Å². The van der Waals surface area contributed by atoms with Gasteiger partial charge in [0.2, 0.25) is 5.91 Å². The second kappa shape index (κ2) is 6.79. The van der Waals surface area contributed by atoms with Crippen molar-refractivity contribution in [3.05, 3.63) is 34.1 Å². The van der Waals surface area contributed by atoms with Gasteiger partial charge in [-0.05, 0) is 6.07 Å². The van der Waals surface area contributed by atoms with Crippen LogP contribution in [0.4, 0.5) is 15.8 Å². The average molecular weight is 269 g/mol. The lowest BCUT2D eigenvalue weighted by atomic mass is 10.2. The zero-order valence-corrected chi connectivity index (χ0v) is 10.8. The average Bonchev–Trinajstić information content (AvgIpc) is 2.30. The Morgan fingerprint density at radius 3 is 2.74 bits per heavy atom. The molecule has 6 nitrogen and oxygen atoms in total. The van der Waals surface area contributed by atoms with E-state index in [-0.39, 0.29) is 18.2 Å². The van der Waals surface area contributed by atoms with Gasteiger partial charge in [-0.1, -0.05) is 19.9 Å². The highest BCUT2D eigenvalue weighted by Gasteiger charge is 2.19. The Morgan fingerprint density at radius 2 is 2.16 bits per heavy atom. The normalized spacial score (nSPS) is 10.5. The van der Waals surface area contributed by atoms with Gasteiger partial charge in [0.15, 0.2) is 11.5 Å². The lowest BCUT2D eigenvalue weighted by molar-refractivity contribution is -0.384. The first-order chi connectivity index (χ1) is 8.91. The molecule has 2 N–H and O–H groups in total. The summed E-state index contributed by atoms with van der Waals surface area (Å²) in [6, 6.07) is 3.67.